The van der Waals surface area contributed by atoms with Crippen molar-refractivity contribution in [2.75, 3.05) is 19.8 Å². The molecule has 9 heteroatoms. The summed E-state index contributed by atoms with van der Waals surface area (Å²) >= 11 is 0. The van der Waals surface area contributed by atoms with Gasteiger partial charge in [0.15, 0.2) is 6.10 Å². The van der Waals surface area contributed by atoms with E-state index in [0.29, 0.717) is 6.42 Å². The molecule has 2 unspecified atom stereocenters. The van der Waals surface area contributed by atoms with Crippen LogP contribution in [0.5, 0.6) is 0 Å². The van der Waals surface area contributed by atoms with Gasteiger partial charge >= 0.3 is 19.8 Å². The number of carbonyl (C=O) groups excluding carboxylic acids is 2. The quantitative estimate of drug-likeness (QED) is 0.0294. The first kappa shape index (κ1) is 48.0. The molecule has 0 aliphatic rings. The zero-order valence-corrected chi connectivity index (χ0v) is 32.9. The van der Waals surface area contributed by atoms with Gasteiger partial charge in [-0.25, -0.2) is 4.57 Å². The molecule has 0 aliphatic heterocycles. The zero-order valence-electron chi connectivity index (χ0n) is 32.0. The number of ether oxygens (including phenoxy) is 2. The SMILES string of the molecule is CC/C=C\C/C=C\C/C=C\CCCCCC(=O)OC(COC(=O)CCCCCCCCC/C=C\CCCCCCCC)COP(=O)(O)OCC. The lowest BCUT2D eigenvalue weighted by Gasteiger charge is -2.19. The van der Waals surface area contributed by atoms with Gasteiger partial charge in [0.1, 0.15) is 6.61 Å². The van der Waals surface area contributed by atoms with Crippen LogP contribution in [0.4, 0.5) is 0 Å². The van der Waals surface area contributed by atoms with Crippen molar-refractivity contribution < 1.29 is 37.6 Å². The minimum atomic E-state index is -4.29. The van der Waals surface area contributed by atoms with Gasteiger partial charge in [0.25, 0.3) is 0 Å². The molecule has 8 nitrogen and oxygen atoms in total. The monoisotopic (exact) mass is 725 g/mol. The van der Waals surface area contributed by atoms with Crippen LogP contribution in [0.15, 0.2) is 48.6 Å². The van der Waals surface area contributed by atoms with E-state index in [0.717, 1.165) is 57.8 Å². The Kier molecular flexibility index (Phi) is 35.3. The lowest BCUT2D eigenvalue weighted by molar-refractivity contribution is -0.161. The minimum Gasteiger partial charge on any atom is -0.462 e. The largest absolute Gasteiger partial charge is 0.472 e. The Hall–Kier alpha value is -1.99. The highest BCUT2D eigenvalue weighted by molar-refractivity contribution is 7.47. The summed E-state index contributed by atoms with van der Waals surface area (Å²) in [4.78, 5) is 34.6. The molecule has 2 atom stereocenters. The molecule has 0 saturated heterocycles. The van der Waals surface area contributed by atoms with E-state index in [2.05, 4.69) is 62.5 Å². The molecule has 290 valence electrons. The molecule has 0 radical (unpaired) electrons. The Morgan fingerprint density at radius 3 is 1.58 bits per heavy atom. The van der Waals surface area contributed by atoms with E-state index >= 15 is 0 Å². The number of phosphoric ester groups is 1. The molecule has 50 heavy (non-hydrogen) atoms. The Morgan fingerprint density at radius 2 is 1.02 bits per heavy atom. The van der Waals surface area contributed by atoms with Gasteiger partial charge in [0.05, 0.1) is 13.2 Å². The fourth-order valence-corrected chi connectivity index (χ4v) is 5.98. The number of phosphoric acid groups is 1. The molecule has 0 aromatic heterocycles. The molecular formula is C41H73O8P. The van der Waals surface area contributed by atoms with Crippen molar-refractivity contribution in [3.63, 3.8) is 0 Å². The van der Waals surface area contributed by atoms with Gasteiger partial charge in [0.2, 0.25) is 0 Å². The van der Waals surface area contributed by atoms with Crippen LogP contribution in [-0.4, -0.2) is 42.8 Å². The molecule has 0 spiro atoms. The van der Waals surface area contributed by atoms with E-state index < -0.39 is 26.5 Å². The highest BCUT2D eigenvalue weighted by Gasteiger charge is 2.25. The second-order valence-electron chi connectivity index (χ2n) is 12.9. The summed E-state index contributed by atoms with van der Waals surface area (Å²) in [6, 6.07) is 0. The maximum atomic E-state index is 12.5. The van der Waals surface area contributed by atoms with Gasteiger partial charge < -0.3 is 14.4 Å². The number of unbranched alkanes of at least 4 members (excludes halogenated alkanes) is 16. The lowest BCUT2D eigenvalue weighted by atomic mass is 10.1. The first-order valence-electron chi connectivity index (χ1n) is 19.9. The second-order valence-corrected chi connectivity index (χ2v) is 14.4. The maximum Gasteiger partial charge on any atom is 0.472 e. The highest BCUT2D eigenvalue weighted by atomic mass is 31.2. The van der Waals surface area contributed by atoms with E-state index in [1.54, 1.807) is 6.92 Å². The van der Waals surface area contributed by atoms with Gasteiger partial charge in [-0.1, -0.05) is 133 Å². The van der Waals surface area contributed by atoms with Gasteiger partial charge in [0, 0.05) is 12.8 Å². The molecular weight excluding hydrogens is 651 g/mol. The fourth-order valence-electron chi connectivity index (χ4n) is 5.23. The minimum absolute atomic E-state index is 0.00749. The number of allylic oxidation sites excluding steroid dienone is 8. The summed E-state index contributed by atoms with van der Waals surface area (Å²) in [6.07, 6.45) is 41.7. The third-order valence-electron chi connectivity index (χ3n) is 8.12. The summed E-state index contributed by atoms with van der Waals surface area (Å²) in [6.45, 7) is 5.30. The lowest BCUT2D eigenvalue weighted by Crippen LogP contribution is -2.29. The second kappa shape index (κ2) is 36.8. The van der Waals surface area contributed by atoms with Gasteiger partial charge in [-0.05, 0) is 77.6 Å². The molecule has 0 amide bonds. The summed E-state index contributed by atoms with van der Waals surface area (Å²) in [5.41, 5.74) is 0. The standard InChI is InChI=1S/C41H73O8P/c1-4-7-9-11-13-15-17-19-20-21-22-24-25-27-29-31-33-35-40(42)46-37-39(38-48-50(44,45)47-6-3)49-41(43)36-34-32-30-28-26-23-18-16-14-12-10-8-5-2/h8,10,14,16,19-20,23,26,39H,4-7,9,11-13,15,17-18,21-22,24-25,27-38H2,1-3H3,(H,44,45)/b10-8-,16-14-,20-19-,26-23-. The van der Waals surface area contributed by atoms with E-state index in [1.165, 1.54) is 77.0 Å². The zero-order chi connectivity index (χ0) is 36.8. The third-order valence-corrected chi connectivity index (χ3v) is 9.18. The summed E-state index contributed by atoms with van der Waals surface area (Å²) < 4.78 is 32.5. The summed E-state index contributed by atoms with van der Waals surface area (Å²) in [5.74, 6) is -0.839. The average Bonchev–Trinajstić information content (AvgIpc) is 3.09. The van der Waals surface area contributed by atoms with E-state index in [9.17, 15) is 19.0 Å². The molecule has 0 fully saturated rings. The first-order chi connectivity index (χ1) is 24.3. The third kappa shape index (κ3) is 35.8. The Labute approximate surface area is 306 Å². The van der Waals surface area contributed by atoms with Crippen LogP contribution >= 0.6 is 7.82 Å². The van der Waals surface area contributed by atoms with Crippen LogP contribution in [0.25, 0.3) is 0 Å². The molecule has 0 heterocycles. The van der Waals surface area contributed by atoms with Crippen molar-refractivity contribution >= 4 is 19.8 Å². The van der Waals surface area contributed by atoms with Gasteiger partial charge in [-0.3, -0.25) is 18.6 Å². The number of hydrogen-bond donors (Lipinski definition) is 1. The molecule has 1 N–H and O–H groups in total. The van der Waals surface area contributed by atoms with Gasteiger partial charge in [-0.2, -0.15) is 0 Å². The van der Waals surface area contributed by atoms with Crippen molar-refractivity contribution in [2.45, 2.75) is 181 Å². The van der Waals surface area contributed by atoms with Crippen LogP contribution in [0.1, 0.15) is 175 Å². The van der Waals surface area contributed by atoms with Crippen LogP contribution in [-0.2, 0) is 32.7 Å². The normalized spacial score (nSPS) is 13.9. The van der Waals surface area contributed by atoms with E-state index in [4.69, 9.17) is 18.5 Å². The predicted octanol–water partition coefficient (Wildman–Crippen LogP) is 12.2. The molecule has 0 rings (SSSR count). The molecule has 0 saturated carbocycles. The Morgan fingerprint density at radius 1 is 0.560 bits per heavy atom. The number of rotatable bonds is 36. The first-order valence-corrected chi connectivity index (χ1v) is 21.4. The van der Waals surface area contributed by atoms with Crippen molar-refractivity contribution in [1.82, 2.24) is 0 Å². The van der Waals surface area contributed by atoms with Crippen molar-refractivity contribution in [3.05, 3.63) is 48.6 Å². The van der Waals surface area contributed by atoms with Crippen molar-refractivity contribution in [2.24, 2.45) is 0 Å². The molecule has 0 aromatic rings. The Balaban J connectivity index is 4.15. The van der Waals surface area contributed by atoms with Crippen molar-refractivity contribution in [3.8, 4) is 0 Å². The Bertz CT molecular complexity index is 958. The number of esters is 2. The van der Waals surface area contributed by atoms with E-state index in [-0.39, 0.29) is 32.0 Å². The highest BCUT2D eigenvalue weighted by Crippen LogP contribution is 2.43. The van der Waals surface area contributed by atoms with Crippen LogP contribution in [0.3, 0.4) is 0 Å². The molecule has 0 aromatic carbocycles. The summed E-state index contributed by atoms with van der Waals surface area (Å²) in [5, 5.41) is 0. The average molecular weight is 725 g/mol. The van der Waals surface area contributed by atoms with E-state index in [1.807, 2.05) is 0 Å². The predicted molar refractivity (Wildman–Crippen MR) is 207 cm³/mol. The fraction of sp³-hybridized carbons (Fsp3) is 0.756. The van der Waals surface area contributed by atoms with Crippen LogP contribution < -0.4 is 0 Å². The number of hydrogen-bond acceptors (Lipinski definition) is 7. The number of carbonyl (C=O) groups is 2. The molecule has 0 aliphatic carbocycles. The van der Waals surface area contributed by atoms with Gasteiger partial charge in [-0.15, -0.1) is 0 Å². The smallest absolute Gasteiger partial charge is 0.462 e. The van der Waals surface area contributed by atoms with Crippen LogP contribution in [0, 0.1) is 0 Å². The summed E-state index contributed by atoms with van der Waals surface area (Å²) in [7, 11) is -4.29. The van der Waals surface area contributed by atoms with Crippen LogP contribution in [0.2, 0.25) is 0 Å². The molecule has 0 bridgehead atoms. The maximum absolute atomic E-state index is 12.5. The van der Waals surface area contributed by atoms with Crippen molar-refractivity contribution in [1.29, 1.82) is 0 Å². The topological polar surface area (TPSA) is 108 Å².